The standard InChI is InChI=1S/2C3H5.Al.H/c2*1-3-2;;/h2*3H,1-2H2;;. The average molecular weight is 110 g/mol. The van der Waals surface area contributed by atoms with Crippen molar-refractivity contribution in [1.29, 1.82) is 0 Å². The van der Waals surface area contributed by atoms with E-state index in [9.17, 15) is 0 Å². The van der Waals surface area contributed by atoms with Crippen LogP contribution in [0.5, 0.6) is 0 Å². The third kappa shape index (κ3) is 6.01. The van der Waals surface area contributed by atoms with Gasteiger partial charge >= 0.3 is 0 Å². The topological polar surface area (TPSA) is 0 Å². The van der Waals surface area contributed by atoms with Crippen LogP contribution >= 0.6 is 0 Å². The molecular formula is C6H11Al. The lowest BCUT2D eigenvalue weighted by Crippen LogP contribution is -1.79. The third-order valence-electron chi connectivity index (χ3n) is 0.816. The molecule has 0 aliphatic carbocycles. The Labute approximate surface area is 51.6 Å². The molecular weight excluding hydrogens is 99.0 g/mol. The summed E-state index contributed by atoms with van der Waals surface area (Å²) in [5.41, 5.74) is 0. The van der Waals surface area contributed by atoms with Crippen molar-refractivity contribution < 1.29 is 0 Å². The largest absolute Gasteiger partial charge is 0.246 e. The first-order valence-electron chi connectivity index (χ1n) is 2.63. The summed E-state index contributed by atoms with van der Waals surface area (Å²) in [6.45, 7) is 7.27. The van der Waals surface area contributed by atoms with Gasteiger partial charge in [0.05, 0.1) is 0 Å². The highest BCUT2D eigenvalue weighted by molar-refractivity contribution is 6.36. The molecule has 0 N–H and O–H groups in total. The summed E-state index contributed by atoms with van der Waals surface area (Å²) in [7, 11) is 0. The van der Waals surface area contributed by atoms with E-state index < -0.39 is 0 Å². The summed E-state index contributed by atoms with van der Waals surface area (Å²) in [5.74, 6) is 0. The highest BCUT2D eigenvalue weighted by atomic mass is 27.1. The van der Waals surface area contributed by atoms with Gasteiger partial charge in [-0.25, -0.2) is 0 Å². The Kier molecular flexibility index (Phi) is 6.02. The second-order valence-electron chi connectivity index (χ2n) is 1.51. The second-order valence-corrected chi connectivity index (χ2v) is 3.37. The van der Waals surface area contributed by atoms with Crippen molar-refractivity contribution in [3.8, 4) is 0 Å². The lowest BCUT2D eigenvalue weighted by atomic mass is 10.7. The van der Waals surface area contributed by atoms with Gasteiger partial charge in [-0.05, 0) is 0 Å². The van der Waals surface area contributed by atoms with Crippen LogP contribution in [-0.4, -0.2) is 15.2 Å². The Balaban J connectivity index is 2.68. The zero-order valence-corrected chi connectivity index (χ0v) is 6.10. The van der Waals surface area contributed by atoms with E-state index in [4.69, 9.17) is 0 Å². The number of allylic oxidation sites excluding steroid dienone is 2. The molecule has 0 aliphatic rings. The lowest BCUT2D eigenvalue weighted by Gasteiger charge is -1.79. The first kappa shape index (κ1) is 7.01. The van der Waals surface area contributed by atoms with Crippen LogP contribution < -0.4 is 0 Å². The summed E-state index contributed by atoms with van der Waals surface area (Å²) in [6, 6.07) is 0. The SMILES string of the molecule is C=C[CH2][AlH][CH2]C=C. The van der Waals surface area contributed by atoms with Crippen molar-refractivity contribution in [3.05, 3.63) is 25.3 Å². The van der Waals surface area contributed by atoms with Crippen LogP contribution in [0.2, 0.25) is 10.6 Å². The molecule has 0 nitrogen and oxygen atoms in total. The van der Waals surface area contributed by atoms with E-state index in [1.807, 2.05) is 12.2 Å². The first-order valence-corrected chi connectivity index (χ1v) is 4.63. The van der Waals surface area contributed by atoms with Crippen LogP contribution in [-0.2, 0) is 0 Å². The molecule has 0 heterocycles. The summed E-state index contributed by atoms with van der Waals surface area (Å²) < 4.78 is 0. The molecule has 0 aromatic heterocycles. The third-order valence-corrected chi connectivity index (χ3v) is 2.45. The zero-order chi connectivity index (χ0) is 5.54. The van der Waals surface area contributed by atoms with Gasteiger partial charge < -0.3 is 0 Å². The van der Waals surface area contributed by atoms with E-state index in [1.54, 1.807) is 0 Å². The van der Waals surface area contributed by atoms with Gasteiger partial charge in [0, 0.05) is 0 Å². The van der Waals surface area contributed by atoms with E-state index in [0.717, 1.165) is 0 Å². The van der Waals surface area contributed by atoms with Crippen molar-refractivity contribution in [2.24, 2.45) is 0 Å². The monoisotopic (exact) mass is 110 g/mol. The van der Waals surface area contributed by atoms with Gasteiger partial charge in [0.1, 0.15) is 0 Å². The molecule has 0 saturated carbocycles. The van der Waals surface area contributed by atoms with Gasteiger partial charge in [-0.1, -0.05) is 10.6 Å². The Bertz CT molecular complexity index is 49.2. The fraction of sp³-hybridized carbons (Fsp3) is 0.333. The molecule has 0 bridgehead atoms. The van der Waals surface area contributed by atoms with Gasteiger partial charge in [-0.15, -0.1) is 25.3 Å². The fourth-order valence-corrected chi connectivity index (χ4v) is 1.22. The highest BCUT2D eigenvalue weighted by Gasteiger charge is 1.81. The molecule has 1 heteroatoms. The van der Waals surface area contributed by atoms with Crippen LogP contribution in [0, 0.1) is 0 Å². The normalized spacial score (nSPS) is 7.43. The quantitative estimate of drug-likeness (QED) is 0.293. The number of rotatable bonds is 4. The maximum atomic E-state index is 3.63. The number of hydrogen-bond donors (Lipinski definition) is 0. The Morgan fingerprint density at radius 1 is 1.14 bits per heavy atom. The van der Waals surface area contributed by atoms with Crippen LogP contribution in [0.25, 0.3) is 0 Å². The Morgan fingerprint density at radius 3 is 1.86 bits per heavy atom. The van der Waals surface area contributed by atoms with Crippen LogP contribution in [0.1, 0.15) is 0 Å². The highest BCUT2D eigenvalue weighted by Crippen LogP contribution is 1.84. The van der Waals surface area contributed by atoms with Crippen molar-refractivity contribution in [2.75, 3.05) is 0 Å². The van der Waals surface area contributed by atoms with E-state index in [-0.39, 0.29) is 15.2 Å². The summed E-state index contributed by atoms with van der Waals surface area (Å²) >= 11 is 0.175. The predicted octanol–water partition coefficient (Wildman–Crippen LogP) is 1.63. The molecule has 0 aromatic carbocycles. The molecule has 0 spiro atoms. The Hall–Kier alpha value is 0.0125. The van der Waals surface area contributed by atoms with E-state index in [2.05, 4.69) is 13.2 Å². The minimum absolute atomic E-state index is 0.175. The minimum atomic E-state index is 0.175. The molecule has 0 aliphatic heterocycles. The molecule has 0 radical (unpaired) electrons. The van der Waals surface area contributed by atoms with E-state index in [1.165, 1.54) is 10.6 Å². The molecule has 7 heavy (non-hydrogen) atoms. The van der Waals surface area contributed by atoms with Gasteiger partial charge in [-0.2, -0.15) is 0 Å². The van der Waals surface area contributed by atoms with Crippen LogP contribution in [0.15, 0.2) is 25.3 Å². The summed E-state index contributed by atoms with van der Waals surface area (Å²) in [5, 5.41) is 2.51. The van der Waals surface area contributed by atoms with Crippen molar-refractivity contribution in [2.45, 2.75) is 10.6 Å². The smallest absolute Gasteiger partial charge is 0.105 e. The van der Waals surface area contributed by atoms with Crippen LogP contribution in [0.4, 0.5) is 0 Å². The molecule has 0 saturated heterocycles. The predicted molar refractivity (Wildman–Crippen MR) is 37.2 cm³/mol. The molecule has 0 unspecified atom stereocenters. The fourth-order valence-electron chi connectivity index (χ4n) is 0.407. The van der Waals surface area contributed by atoms with Gasteiger partial charge in [-0.3, -0.25) is 0 Å². The van der Waals surface area contributed by atoms with Crippen LogP contribution in [0.3, 0.4) is 0 Å². The molecule has 38 valence electrons. The van der Waals surface area contributed by atoms with E-state index >= 15 is 0 Å². The average Bonchev–Trinajstić information content (AvgIpc) is 1.69. The van der Waals surface area contributed by atoms with Crippen molar-refractivity contribution in [1.82, 2.24) is 0 Å². The van der Waals surface area contributed by atoms with E-state index in [0.29, 0.717) is 0 Å². The van der Waals surface area contributed by atoms with Gasteiger partial charge in [0.25, 0.3) is 0 Å². The Morgan fingerprint density at radius 2 is 1.57 bits per heavy atom. The molecule has 0 atom stereocenters. The number of hydrogen-bond acceptors (Lipinski definition) is 0. The summed E-state index contributed by atoms with van der Waals surface area (Å²) in [4.78, 5) is 0. The zero-order valence-electron chi connectivity index (χ0n) is 4.69. The maximum Gasteiger partial charge on any atom is 0.246 e. The second kappa shape index (κ2) is 6.01. The van der Waals surface area contributed by atoms with Crippen molar-refractivity contribution >= 4 is 15.2 Å². The molecule has 0 rings (SSSR count). The first-order chi connectivity index (χ1) is 3.41. The molecule has 0 amide bonds. The molecule has 0 fully saturated rings. The minimum Gasteiger partial charge on any atom is -0.105 e. The maximum absolute atomic E-state index is 3.63. The summed E-state index contributed by atoms with van der Waals surface area (Å²) in [6.07, 6.45) is 3.99. The lowest BCUT2D eigenvalue weighted by molar-refractivity contribution is 1.60. The van der Waals surface area contributed by atoms with Gasteiger partial charge in [0.2, 0.25) is 15.2 Å². The molecule has 0 aromatic rings. The van der Waals surface area contributed by atoms with Crippen molar-refractivity contribution in [3.63, 3.8) is 0 Å². The van der Waals surface area contributed by atoms with Gasteiger partial charge in [0.15, 0.2) is 0 Å².